The average molecular weight is 583 g/mol. The van der Waals surface area contributed by atoms with Crippen LogP contribution in [0.25, 0.3) is 5.82 Å². The summed E-state index contributed by atoms with van der Waals surface area (Å²) in [5, 5.41) is 29.4. The number of piperidine rings is 1. The Bertz CT molecular complexity index is 1170. The van der Waals surface area contributed by atoms with Gasteiger partial charge >= 0.3 is 0 Å². The number of aromatic hydroxyl groups is 1. The zero-order valence-corrected chi connectivity index (χ0v) is 20.7. The number of amides is 1. The van der Waals surface area contributed by atoms with Gasteiger partial charge in [-0.2, -0.15) is 9.78 Å². The van der Waals surface area contributed by atoms with Crippen LogP contribution in [0.4, 0.5) is 5.82 Å². The Morgan fingerprint density at radius 1 is 1.36 bits per heavy atom. The van der Waals surface area contributed by atoms with Crippen molar-refractivity contribution in [2.24, 2.45) is 5.10 Å². The highest BCUT2D eigenvalue weighted by Crippen LogP contribution is 2.32. The van der Waals surface area contributed by atoms with Crippen LogP contribution >= 0.6 is 31.9 Å². The Balaban J connectivity index is 1.59. The summed E-state index contributed by atoms with van der Waals surface area (Å²) in [6, 6.07) is 3.67. The molecule has 0 bridgehead atoms. The molecular formula is C19H21Br2N9O3. The van der Waals surface area contributed by atoms with Crippen molar-refractivity contribution in [2.45, 2.75) is 38.8 Å². The first-order valence-corrected chi connectivity index (χ1v) is 11.7. The molecular weight excluding hydrogens is 562 g/mol. The molecule has 0 saturated carbocycles. The summed E-state index contributed by atoms with van der Waals surface area (Å²) in [6.45, 7) is 3.46. The molecule has 1 fully saturated rings. The Hall–Kier alpha value is -2.84. The maximum Gasteiger partial charge on any atom is 0.293 e. The second-order valence-corrected chi connectivity index (χ2v) is 9.33. The number of hydrazone groups is 1. The fourth-order valence-corrected chi connectivity index (χ4v) is 4.81. The van der Waals surface area contributed by atoms with Crippen molar-refractivity contribution in [1.82, 2.24) is 35.6 Å². The molecule has 1 atom stereocenters. The number of phenols is 1. The van der Waals surface area contributed by atoms with E-state index in [2.05, 4.69) is 74.8 Å². The molecule has 1 aromatic carbocycles. The Morgan fingerprint density at radius 3 is 2.79 bits per heavy atom. The smallest absolute Gasteiger partial charge is 0.293 e. The normalized spacial score (nSPS) is 17.0. The molecule has 1 amide bonds. The van der Waals surface area contributed by atoms with Gasteiger partial charge in [0.1, 0.15) is 5.75 Å². The number of likely N-dealkylation sites (tertiary alicyclic amines) is 1. The van der Waals surface area contributed by atoms with Crippen molar-refractivity contribution in [2.75, 3.05) is 12.3 Å². The van der Waals surface area contributed by atoms with E-state index in [0.717, 1.165) is 19.4 Å². The van der Waals surface area contributed by atoms with Gasteiger partial charge in [0.2, 0.25) is 11.6 Å². The van der Waals surface area contributed by atoms with Crippen molar-refractivity contribution in [1.29, 1.82) is 0 Å². The fourth-order valence-electron chi connectivity index (χ4n) is 3.59. The van der Waals surface area contributed by atoms with E-state index in [9.17, 15) is 9.90 Å². The molecule has 14 heteroatoms. The van der Waals surface area contributed by atoms with Gasteiger partial charge in [0.05, 0.1) is 20.9 Å². The molecule has 1 aliphatic rings. The van der Waals surface area contributed by atoms with Crippen molar-refractivity contribution < 1.29 is 14.5 Å². The molecule has 33 heavy (non-hydrogen) atoms. The fraction of sp³-hybridized carbons (Fsp3) is 0.368. The molecule has 3 heterocycles. The number of aromatic nitrogens is 5. The summed E-state index contributed by atoms with van der Waals surface area (Å²) in [5.74, 6) is -0.250. The Morgan fingerprint density at radius 2 is 2.12 bits per heavy atom. The molecule has 0 radical (unpaired) electrons. The number of nitrogens with zero attached hydrogens (tertiary/aromatic N) is 7. The van der Waals surface area contributed by atoms with Gasteiger partial charge in [-0.3, -0.25) is 9.69 Å². The van der Waals surface area contributed by atoms with Gasteiger partial charge in [-0.05, 0) is 86.2 Å². The number of anilines is 1. The van der Waals surface area contributed by atoms with Gasteiger partial charge in [0, 0.05) is 12.6 Å². The monoisotopic (exact) mass is 581 g/mol. The highest BCUT2D eigenvalue weighted by molar-refractivity contribution is 9.11. The second kappa shape index (κ2) is 9.97. The van der Waals surface area contributed by atoms with E-state index in [1.54, 1.807) is 12.1 Å². The third kappa shape index (κ3) is 5.07. The summed E-state index contributed by atoms with van der Waals surface area (Å²) in [4.78, 5) is 15.2. The second-order valence-electron chi connectivity index (χ2n) is 7.62. The number of phenolic OH excluding ortho intramolecular Hbond substituents is 1. The minimum Gasteiger partial charge on any atom is -0.506 e. The summed E-state index contributed by atoms with van der Waals surface area (Å²) in [5.41, 5.74) is 9.58. The maximum atomic E-state index is 12.9. The summed E-state index contributed by atoms with van der Waals surface area (Å²) in [7, 11) is 0. The van der Waals surface area contributed by atoms with Crippen LogP contribution in [-0.4, -0.2) is 60.0 Å². The minimum atomic E-state index is -0.538. The minimum absolute atomic E-state index is 0.0429. The topological polar surface area (TPSA) is 161 Å². The van der Waals surface area contributed by atoms with Crippen LogP contribution in [0.1, 0.15) is 47.9 Å². The summed E-state index contributed by atoms with van der Waals surface area (Å²) >= 11 is 6.52. The van der Waals surface area contributed by atoms with E-state index in [0.29, 0.717) is 32.8 Å². The lowest BCUT2D eigenvalue weighted by atomic mass is 10.0. The molecule has 1 saturated heterocycles. The van der Waals surface area contributed by atoms with Crippen LogP contribution in [0.3, 0.4) is 0 Å². The van der Waals surface area contributed by atoms with E-state index in [4.69, 9.17) is 10.4 Å². The number of nitrogen functional groups attached to an aromatic ring is 1. The zero-order valence-electron chi connectivity index (χ0n) is 17.6. The van der Waals surface area contributed by atoms with Gasteiger partial charge in [0.25, 0.3) is 5.91 Å². The molecule has 4 rings (SSSR count). The first-order chi connectivity index (χ1) is 15.8. The van der Waals surface area contributed by atoms with Crippen molar-refractivity contribution >= 4 is 49.8 Å². The number of hydrogen-bond acceptors (Lipinski definition) is 10. The van der Waals surface area contributed by atoms with E-state index in [1.165, 1.54) is 17.3 Å². The quantitative estimate of drug-likeness (QED) is 0.293. The van der Waals surface area contributed by atoms with Crippen molar-refractivity contribution in [3.05, 3.63) is 38.0 Å². The summed E-state index contributed by atoms with van der Waals surface area (Å²) < 4.78 is 7.06. The Kier molecular flexibility index (Phi) is 7.05. The number of rotatable bonds is 6. The van der Waals surface area contributed by atoms with E-state index in [-0.39, 0.29) is 23.1 Å². The van der Waals surface area contributed by atoms with Gasteiger partial charge in [-0.25, -0.2) is 10.1 Å². The third-order valence-electron chi connectivity index (χ3n) is 5.39. The van der Waals surface area contributed by atoms with Crippen LogP contribution in [0, 0.1) is 0 Å². The average Bonchev–Trinajstić information content (AvgIpc) is 3.39. The van der Waals surface area contributed by atoms with Crippen LogP contribution in [0.2, 0.25) is 0 Å². The first-order valence-electron chi connectivity index (χ1n) is 10.1. The molecule has 174 valence electrons. The third-order valence-corrected chi connectivity index (χ3v) is 6.60. The largest absolute Gasteiger partial charge is 0.506 e. The summed E-state index contributed by atoms with van der Waals surface area (Å²) in [6.07, 6.45) is 4.76. The lowest BCUT2D eigenvalue weighted by Crippen LogP contribution is -2.38. The van der Waals surface area contributed by atoms with Gasteiger partial charge in [-0.15, -0.1) is 5.10 Å². The molecule has 4 N–H and O–H groups in total. The number of carbonyl (C=O) groups is 1. The van der Waals surface area contributed by atoms with Crippen molar-refractivity contribution in [3.63, 3.8) is 0 Å². The van der Waals surface area contributed by atoms with Gasteiger partial charge < -0.3 is 10.8 Å². The van der Waals surface area contributed by atoms with E-state index < -0.39 is 5.91 Å². The molecule has 3 aromatic rings. The number of hydrogen-bond donors (Lipinski definition) is 3. The standard InChI is InChI=1S/C19H21Br2N9O3/c1-10-4-2-3-5-29(10)9-14-15(24-28-30(14)18-17(22)26-33-27-18)19(32)25-23-8-11-6-12(20)16(31)13(21)7-11/h6-8,10,31H,2-5,9H2,1H3,(H2,22,26)(H,25,32)/b23-8+/t10-/m0/s1. The molecule has 2 aromatic heterocycles. The predicted molar refractivity (Wildman–Crippen MR) is 126 cm³/mol. The lowest BCUT2D eigenvalue weighted by molar-refractivity contribution is 0.0945. The molecule has 0 spiro atoms. The number of nitrogens with two attached hydrogens (primary N) is 1. The first kappa shape index (κ1) is 23.3. The lowest BCUT2D eigenvalue weighted by Gasteiger charge is -2.33. The Labute approximate surface area is 205 Å². The molecule has 12 nitrogen and oxygen atoms in total. The number of carbonyl (C=O) groups excluding carboxylic acids is 1. The van der Waals surface area contributed by atoms with Crippen LogP contribution in [0.15, 0.2) is 30.8 Å². The van der Waals surface area contributed by atoms with Crippen LogP contribution in [0.5, 0.6) is 5.75 Å². The van der Waals surface area contributed by atoms with Gasteiger partial charge in [-0.1, -0.05) is 11.6 Å². The van der Waals surface area contributed by atoms with E-state index >= 15 is 0 Å². The number of benzene rings is 1. The predicted octanol–water partition coefficient (Wildman–Crippen LogP) is 2.60. The van der Waals surface area contributed by atoms with E-state index in [1.807, 2.05) is 0 Å². The number of halogens is 2. The van der Waals surface area contributed by atoms with Crippen molar-refractivity contribution in [3.8, 4) is 11.6 Å². The molecule has 0 aliphatic carbocycles. The maximum absolute atomic E-state index is 12.9. The van der Waals surface area contributed by atoms with Crippen LogP contribution in [-0.2, 0) is 6.54 Å². The highest BCUT2D eigenvalue weighted by Gasteiger charge is 2.28. The van der Waals surface area contributed by atoms with Crippen LogP contribution < -0.4 is 11.2 Å². The highest BCUT2D eigenvalue weighted by atomic mass is 79.9. The number of nitrogens with one attached hydrogen (secondary N) is 1. The molecule has 0 unspecified atom stereocenters. The zero-order chi connectivity index (χ0) is 23.5. The molecule has 1 aliphatic heterocycles. The SMILES string of the molecule is C[C@H]1CCCCN1Cc1c(C(=O)N/N=C/c2cc(Br)c(O)c(Br)c2)nnn1-c1nonc1N. The van der Waals surface area contributed by atoms with Gasteiger partial charge in [0.15, 0.2) is 5.69 Å².